The SMILES string of the molecule is C=C/C(=C\C=C/C)c1ccc(C(=C)/C=C(\C)c2ccc(C(/C=C\C)=C/C)cc2)cc1. The van der Waals surface area contributed by atoms with Crippen molar-refractivity contribution in [2.45, 2.75) is 27.7 Å². The molecule has 0 aliphatic carbocycles. The highest BCUT2D eigenvalue weighted by atomic mass is 14.1. The summed E-state index contributed by atoms with van der Waals surface area (Å²) in [5, 5.41) is 0. The lowest BCUT2D eigenvalue weighted by Crippen LogP contribution is -1.87. The van der Waals surface area contributed by atoms with Crippen molar-refractivity contribution in [1.82, 2.24) is 0 Å². The molecular weight excluding hydrogens is 360 g/mol. The molecule has 0 heteroatoms. The summed E-state index contributed by atoms with van der Waals surface area (Å²) in [5.74, 6) is 0. The van der Waals surface area contributed by atoms with Crippen molar-refractivity contribution in [3.05, 3.63) is 133 Å². The number of hydrogen-bond donors (Lipinski definition) is 0. The fourth-order valence-corrected chi connectivity index (χ4v) is 3.25. The third-order valence-electron chi connectivity index (χ3n) is 5.00. The van der Waals surface area contributed by atoms with E-state index in [1.165, 1.54) is 22.3 Å². The van der Waals surface area contributed by atoms with Crippen molar-refractivity contribution in [2.75, 3.05) is 0 Å². The summed E-state index contributed by atoms with van der Waals surface area (Å²) < 4.78 is 0. The molecule has 0 unspecified atom stereocenters. The Morgan fingerprint density at radius 1 is 0.733 bits per heavy atom. The standard InChI is InChI=1S/C30H32/c1-7-11-13-26(10-4)30-20-16-28(17-21-30)24(6)22-23(5)27-14-18-29(19-15-27)25(9-3)12-8-2/h7-22H,4,6H2,1-3,5H3/b11-7-,12-8-,23-22+,25-9+,26-13+. The van der Waals surface area contributed by atoms with E-state index in [9.17, 15) is 0 Å². The molecule has 0 heterocycles. The van der Waals surface area contributed by atoms with Gasteiger partial charge in [0.25, 0.3) is 0 Å². The third kappa shape index (κ3) is 6.06. The van der Waals surface area contributed by atoms with Crippen LogP contribution >= 0.6 is 0 Å². The molecule has 0 saturated heterocycles. The van der Waals surface area contributed by atoms with Gasteiger partial charge in [-0.3, -0.25) is 0 Å². The predicted molar refractivity (Wildman–Crippen MR) is 137 cm³/mol. The number of allylic oxidation sites excluding steroid dienone is 12. The summed E-state index contributed by atoms with van der Waals surface area (Å²) >= 11 is 0. The molecule has 0 spiro atoms. The molecule has 0 aromatic heterocycles. The van der Waals surface area contributed by atoms with Crippen LogP contribution in [0.1, 0.15) is 49.9 Å². The van der Waals surface area contributed by atoms with E-state index in [1.54, 1.807) is 0 Å². The normalized spacial score (nSPS) is 13.3. The van der Waals surface area contributed by atoms with Crippen molar-refractivity contribution >= 4 is 22.3 Å². The molecule has 152 valence electrons. The Hall–Kier alpha value is -3.38. The first-order valence-corrected chi connectivity index (χ1v) is 10.4. The van der Waals surface area contributed by atoms with Crippen LogP contribution in [-0.2, 0) is 0 Å². The Morgan fingerprint density at radius 3 is 1.77 bits per heavy atom. The maximum atomic E-state index is 4.28. The lowest BCUT2D eigenvalue weighted by atomic mass is 9.97. The van der Waals surface area contributed by atoms with E-state index >= 15 is 0 Å². The average Bonchev–Trinajstić information content (AvgIpc) is 2.78. The molecular formula is C30H32. The Balaban J connectivity index is 2.20. The number of hydrogen-bond acceptors (Lipinski definition) is 0. The molecule has 0 N–H and O–H groups in total. The van der Waals surface area contributed by atoms with Gasteiger partial charge in [0.1, 0.15) is 0 Å². The average molecular weight is 393 g/mol. The smallest absolute Gasteiger partial charge is 0.0184 e. The van der Waals surface area contributed by atoms with Gasteiger partial charge < -0.3 is 0 Å². The van der Waals surface area contributed by atoms with Crippen LogP contribution in [0.15, 0.2) is 110 Å². The van der Waals surface area contributed by atoms with Crippen molar-refractivity contribution in [3.63, 3.8) is 0 Å². The predicted octanol–water partition coefficient (Wildman–Crippen LogP) is 8.93. The lowest BCUT2D eigenvalue weighted by Gasteiger charge is -2.08. The highest BCUT2D eigenvalue weighted by Crippen LogP contribution is 2.25. The maximum Gasteiger partial charge on any atom is -0.0184 e. The summed E-state index contributed by atoms with van der Waals surface area (Å²) in [5.41, 5.74) is 9.24. The molecule has 2 aromatic carbocycles. The zero-order valence-electron chi connectivity index (χ0n) is 18.7. The first-order valence-electron chi connectivity index (χ1n) is 10.4. The van der Waals surface area contributed by atoms with E-state index < -0.39 is 0 Å². The van der Waals surface area contributed by atoms with Gasteiger partial charge in [-0.1, -0.05) is 110 Å². The van der Waals surface area contributed by atoms with E-state index in [0.29, 0.717) is 0 Å². The van der Waals surface area contributed by atoms with E-state index in [2.05, 4.69) is 106 Å². The number of rotatable bonds is 8. The minimum absolute atomic E-state index is 1.00. The van der Waals surface area contributed by atoms with Crippen molar-refractivity contribution in [1.29, 1.82) is 0 Å². The minimum Gasteiger partial charge on any atom is -0.0984 e. The molecule has 0 nitrogen and oxygen atoms in total. The van der Waals surface area contributed by atoms with Gasteiger partial charge in [-0.2, -0.15) is 0 Å². The van der Waals surface area contributed by atoms with E-state index in [0.717, 1.165) is 22.3 Å². The molecule has 0 bridgehead atoms. The van der Waals surface area contributed by atoms with E-state index in [-0.39, 0.29) is 0 Å². The van der Waals surface area contributed by atoms with Crippen molar-refractivity contribution in [2.24, 2.45) is 0 Å². The second-order valence-electron chi connectivity index (χ2n) is 7.10. The molecule has 0 aliphatic rings. The van der Waals surface area contributed by atoms with Gasteiger partial charge in [0.2, 0.25) is 0 Å². The van der Waals surface area contributed by atoms with E-state index in [1.807, 2.05) is 32.1 Å². The molecule has 0 amide bonds. The van der Waals surface area contributed by atoms with Crippen LogP contribution in [0.2, 0.25) is 0 Å². The largest absolute Gasteiger partial charge is 0.0984 e. The van der Waals surface area contributed by atoms with Crippen LogP contribution < -0.4 is 0 Å². The fourth-order valence-electron chi connectivity index (χ4n) is 3.25. The molecule has 30 heavy (non-hydrogen) atoms. The van der Waals surface area contributed by atoms with Crippen LogP contribution in [0.3, 0.4) is 0 Å². The zero-order chi connectivity index (χ0) is 21.9. The van der Waals surface area contributed by atoms with Crippen LogP contribution in [0.25, 0.3) is 22.3 Å². The van der Waals surface area contributed by atoms with Gasteiger partial charge in [-0.05, 0) is 72.2 Å². The van der Waals surface area contributed by atoms with Crippen LogP contribution in [-0.4, -0.2) is 0 Å². The summed E-state index contributed by atoms with van der Waals surface area (Å²) in [6, 6.07) is 17.2. The van der Waals surface area contributed by atoms with Crippen LogP contribution in [0, 0.1) is 0 Å². The van der Waals surface area contributed by atoms with Crippen LogP contribution in [0.4, 0.5) is 0 Å². The minimum atomic E-state index is 1.00. The maximum absolute atomic E-state index is 4.28. The zero-order valence-corrected chi connectivity index (χ0v) is 18.7. The molecule has 2 rings (SSSR count). The Labute approximate surface area is 182 Å². The topological polar surface area (TPSA) is 0 Å². The second kappa shape index (κ2) is 11.6. The number of benzene rings is 2. The summed E-state index contributed by atoms with van der Waals surface area (Å²) in [7, 11) is 0. The van der Waals surface area contributed by atoms with Gasteiger partial charge in [0.05, 0.1) is 0 Å². The third-order valence-corrected chi connectivity index (χ3v) is 5.00. The lowest BCUT2D eigenvalue weighted by molar-refractivity contribution is 1.52. The first kappa shape index (κ1) is 22.9. The second-order valence-corrected chi connectivity index (χ2v) is 7.10. The van der Waals surface area contributed by atoms with Gasteiger partial charge in [-0.15, -0.1) is 0 Å². The van der Waals surface area contributed by atoms with Crippen LogP contribution in [0.5, 0.6) is 0 Å². The summed E-state index contributed by atoms with van der Waals surface area (Å²) in [6.07, 6.45) is 16.5. The highest BCUT2D eigenvalue weighted by molar-refractivity contribution is 5.84. The van der Waals surface area contributed by atoms with E-state index in [4.69, 9.17) is 0 Å². The van der Waals surface area contributed by atoms with Gasteiger partial charge in [0.15, 0.2) is 0 Å². The van der Waals surface area contributed by atoms with Gasteiger partial charge in [0, 0.05) is 0 Å². The highest BCUT2D eigenvalue weighted by Gasteiger charge is 2.03. The molecule has 0 aliphatic heterocycles. The molecule has 2 aromatic rings. The fraction of sp³-hybridized carbons (Fsp3) is 0.133. The first-order chi connectivity index (χ1) is 14.5. The quantitative estimate of drug-likeness (QED) is 0.393. The Kier molecular flexibility index (Phi) is 8.84. The Bertz CT molecular complexity index is 1010. The molecule has 0 saturated carbocycles. The summed E-state index contributed by atoms with van der Waals surface area (Å²) in [6.45, 7) is 16.4. The monoisotopic (exact) mass is 392 g/mol. The Morgan fingerprint density at radius 2 is 1.27 bits per heavy atom. The summed E-state index contributed by atoms with van der Waals surface area (Å²) in [4.78, 5) is 0. The molecule has 0 fully saturated rings. The van der Waals surface area contributed by atoms with Gasteiger partial charge >= 0.3 is 0 Å². The van der Waals surface area contributed by atoms with Gasteiger partial charge in [-0.25, -0.2) is 0 Å². The van der Waals surface area contributed by atoms with Crippen molar-refractivity contribution in [3.8, 4) is 0 Å². The molecule has 0 radical (unpaired) electrons. The molecule has 0 atom stereocenters. The van der Waals surface area contributed by atoms with Crippen molar-refractivity contribution < 1.29 is 0 Å².